The van der Waals surface area contributed by atoms with Crippen LogP contribution < -0.4 is 10.6 Å². The molecule has 0 radical (unpaired) electrons. The van der Waals surface area contributed by atoms with Gasteiger partial charge in [-0.15, -0.1) is 22.7 Å². The molecule has 0 unspecified atom stereocenters. The molecule has 0 saturated heterocycles. The molecule has 1 amide bonds. The molecule has 4 nitrogen and oxygen atoms in total. The van der Waals surface area contributed by atoms with Crippen LogP contribution in [0, 0.1) is 13.8 Å². The molecule has 4 aromatic rings. The van der Waals surface area contributed by atoms with Crippen molar-refractivity contribution in [3.63, 3.8) is 0 Å². The number of carbonyl (C=O) groups is 1. The number of aryl methyl sites for hydroxylation is 1. The fourth-order valence-corrected chi connectivity index (χ4v) is 5.07. The molecule has 0 aliphatic heterocycles. The molecule has 0 aliphatic rings. The van der Waals surface area contributed by atoms with E-state index < -0.39 is 0 Å². The number of nitrogens with one attached hydrogen (secondary N) is 2. The highest BCUT2D eigenvalue weighted by atomic mass is 32.1. The molecule has 0 bridgehead atoms. The number of nitrogens with zero attached hydrogens (tertiary/aromatic N) is 1. The van der Waals surface area contributed by atoms with E-state index in [9.17, 15) is 4.79 Å². The van der Waals surface area contributed by atoms with Gasteiger partial charge in [-0.2, -0.15) is 0 Å². The topological polar surface area (TPSA) is 54.0 Å². The van der Waals surface area contributed by atoms with Crippen molar-refractivity contribution in [2.45, 2.75) is 19.9 Å². The minimum atomic E-state index is -0.101. The molecule has 1 aromatic carbocycles. The Morgan fingerprint density at radius 3 is 2.48 bits per heavy atom. The number of benzene rings is 1. The molecule has 4 rings (SSSR count). The molecule has 1 atom stereocenters. The van der Waals surface area contributed by atoms with E-state index in [0.717, 1.165) is 16.4 Å². The highest BCUT2D eigenvalue weighted by Gasteiger charge is 2.25. The molecule has 3 heterocycles. The summed E-state index contributed by atoms with van der Waals surface area (Å²) in [7, 11) is 0. The van der Waals surface area contributed by atoms with Gasteiger partial charge in [0.25, 0.3) is 5.91 Å². The maximum atomic E-state index is 12.8. The van der Waals surface area contributed by atoms with Gasteiger partial charge in [0.2, 0.25) is 0 Å². The second-order valence-corrected chi connectivity index (χ2v) is 8.86. The number of rotatable bonds is 6. The van der Waals surface area contributed by atoms with E-state index in [1.807, 2.05) is 54.6 Å². The molecule has 3 aromatic heterocycles. The molecule has 0 saturated carbocycles. The lowest BCUT2D eigenvalue weighted by molar-refractivity contribution is 0.102. The zero-order chi connectivity index (χ0) is 20.2. The Morgan fingerprint density at radius 2 is 1.79 bits per heavy atom. The zero-order valence-electron chi connectivity index (χ0n) is 16.2. The van der Waals surface area contributed by atoms with Crippen LogP contribution >= 0.6 is 22.7 Å². The number of pyridine rings is 1. The van der Waals surface area contributed by atoms with Gasteiger partial charge in [-0.3, -0.25) is 4.79 Å². The van der Waals surface area contributed by atoms with E-state index >= 15 is 0 Å². The molecule has 0 aliphatic carbocycles. The van der Waals surface area contributed by atoms with Crippen LogP contribution in [0.3, 0.4) is 0 Å². The van der Waals surface area contributed by atoms with E-state index in [1.165, 1.54) is 15.3 Å². The number of amides is 1. The first-order chi connectivity index (χ1) is 14.1. The van der Waals surface area contributed by atoms with Gasteiger partial charge < -0.3 is 10.6 Å². The molecule has 6 heteroatoms. The molecule has 0 fully saturated rings. The lowest BCUT2D eigenvalue weighted by Crippen LogP contribution is -2.17. The van der Waals surface area contributed by atoms with Crippen LogP contribution in [0.5, 0.6) is 0 Å². The summed E-state index contributed by atoms with van der Waals surface area (Å²) in [5.74, 6) is 0.699. The van der Waals surface area contributed by atoms with E-state index in [1.54, 1.807) is 28.9 Å². The van der Waals surface area contributed by atoms with E-state index in [-0.39, 0.29) is 11.9 Å². The summed E-state index contributed by atoms with van der Waals surface area (Å²) in [6.45, 7) is 4.20. The van der Waals surface area contributed by atoms with Gasteiger partial charge in [0.15, 0.2) is 0 Å². The number of carbonyl (C=O) groups excluding carboxylic acids is 1. The predicted octanol–water partition coefficient (Wildman–Crippen LogP) is 6.28. The molecule has 0 spiro atoms. The monoisotopic (exact) mass is 419 g/mol. The summed E-state index contributed by atoms with van der Waals surface area (Å²) < 4.78 is 0. The van der Waals surface area contributed by atoms with Crippen molar-refractivity contribution in [2.75, 3.05) is 10.6 Å². The van der Waals surface area contributed by atoms with Crippen LogP contribution in [-0.4, -0.2) is 10.9 Å². The van der Waals surface area contributed by atoms with Gasteiger partial charge in [-0.25, -0.2) is 4.98 Å². The van der Waals surface area contributed by atoms with Crippen LogP contribution in [0.1, 0.15) is 37.3 Å². The minimum Gasteiger partial charge on any atom is -0.358 e. The van der Waals surface area contributed by atoms with Gasteiger partial charge in [0, 0.05) is 27.1 Å². The summed E-state index contributed by atoms with van der Waals surface area (Å²) in [5.41, 5.74) is 2.91. The van der Waals surface area contributed by atoms with Crippen LogP contribution in [0.15, 0.2) is 72.2 Å². The van der Waals surface area contributed by atoms with Crippen LogP contribution in [0.25, 0.3) is 0 Å². The highest BCUT2D eigenvalue weighted by molar-refractivity contribution is 7.16. The Morgan fingerprint density at radius 1 is 1.00 bits per heavy atom. The third kappa shape index (κ3) is 4.23. The predicted molar refractivity (Wildman–Crippen MR) is 122 cm³/mol. The molecule has 29 heavy (non-hydrogen) atoms. The first-order valence-corrected chi connectivity index (χ1v) is 11.0. The quantitative estimate of drug-likeness (QED) is 0.387. The minimum absolute atomic E-state index is 0.0964. The molecular formula is C23H21N3OS2. The Bertz CT molecular complexity index is 1090. The third-order valence-electron chi connectivity index (χ3n) is 4.77. The SMILES string of the molecule is Cc1sc(NC(=O)c2ccccc2)c([C@@H](Nc2ccccn2)c2cccs2)c1C. The normalized spacial score (nSPS) is 11.8. The second kappa shape index (κ2) is 8.59. The van der Waals surface area contributed by atoms with Crippen molar-refractivity contribution in [1.82, 2.24) is 4.98 Å². The van der Waals surface area contributed by atoms with Crippen molar-refractivity contribution < 1.29 is 4.79 Å². The number of anilines is 2. The van der Waals surface area contributed by atoms with Crippen molar-refractivity contribution in [3.05, 3.63) is 98.7 Å². The van der Waals surface area contributed by atoms with Crippen molar-refractivity contribution in [1.29, 1.82) is 0 Å². The molecule has 2 N–H and O–H groups in total. The fraction of sp³-hybridized carbons (Fsp3) is 0.130. The molecule has 146 valence electrons. The fourth-order valence-electron chi connectivity index (χ4n) is 3.19. The Hall–Kier alpha value is -2.96. The largest absolute Gasteiger partial charge is 0.358 e. The number of hydrogen-bond acceptors (Lipinski definition) is 5. The van der Waals surface area contributed by atoms with Crippen LogP contribution in [-0.2, 0) is 0 Å². The van der Waals surface area contributed by atoms with Gasteiger partial charge in [-0.05, 0) is 55.1 Å². The van der Waals surface area contributed by atoms with Crippen molar-refractivity contribution in [3.8, 4) is 0 Å². The first kappa shape index (κ1) is 19.4. The molecular weight excluding hydrogens is 398 g/mol. The number of thiophene rings is 2. The third-order valence-corrected chi connectivity index (χ3v) is 6.84. The van der Waals surface area contributed by atoms with E-state index in [2.05, 4.69) is 40.9 Å². The first-order valence-electron chi connectivity index (χ1n) is 9.30. The Kier molecular flexibility index (Phi) is 5.74. The Labute approximate surface area is 178 Å². The van der Waals surface area contributed by atoms with E-state index in [0.29, 0.717) is 5.56 Å². The number of hydrogen-bond donors (Lipinski definition) is 2. The Balaban J connectivity index is 1.73. The van der Waals surface area contributed by atoms with Gasteiger partial charge in [0.1, 0.15) is 10.8 Å². The van der Waals surface area contributed by atoms with Gasteiger partial charge in [0.05, 0.1) is 6.04 Å². The second-order valence-electron chi connectivity index (χ2n) is 6.65. The summed E-state index contributed by atoms with van der Waals surface area (Å²) in [4.78, 5) is 19.6. The highest BCUT2D eigenvalue weighted by Crippen LogP contribution is 2.42. The van der Waals surface area contributed by atoms with Crippen LogP contribution in [0.2, 0.25) is 0 Å². The lowest BCUT2D eigenvalue weighted by Gasteiger charge is -2.21. The van der Waals surface area contributed by atoms with Crippen molar-refractivity contribution >= 4 is 39.4 Å². The zero-order valence-corrected chi connectivity index (χ0v) is 17.8. The summed E-state index contributed by atoms with van der Waals surface area (Å²) in [5, 5.41) is 9.64. The van der Waals surface area contributed by atoms with Crippen LogP contribution in [0.4, 0.5) is 10.8 Å². The van der Waals surface area contributed by atoms with E-state index in [4.69, 9.17) is 0 Å². The summed E-state index contributed by atoms with van der Waals surface area (Å²) in [6.07, 6.45) is 1.78. The van der Waals surface area contributed by atoms with Gasteiger partial charge >= 0.3 is 0 Å². The number of aromatic nitrogens is 1. The standard InChI is InChI=1S/C23H21N3OS2/c1-15-16(2)29-23(26-22(27)17-9-4-3-5-10-17)20(15)21(18-11-8-14-28-18)25-19-12-6-7-13-24-19/h3-14,21H,1-2H3,(H,24,25)(H,26,27)/t21-/m0/s1. The average Bonchev–Trinajstić information content (AvgIpc) is 3.37. The summed E-state index contributed by atoms with van der Waals surface area (Å²) >= 11 is 3.30. The average molecular weight is 420 g/mol. The van der Waals surface area contributed by atoms with Crippen molar-refractivity contribution in [2.24, 2.45) is 0 Å². The maximum Gasteiger partial charge on any atom is 0.256 e. The maximum absolute atomic E-state index is 12.8. The smallest absolute Gasteiger partial charge is 0.256 e. The lowest BCUT2D eigenvalue weighted by atomic mass is 10.0. The van der Waals surface area contributed by atoms with Gasteiger partial charge in [-0.1, -0.05) is 30.3 Å². The summed E-state index contributed by atoms with van der Waals surface area (Å²) in [6, 6.07) is 19.2.